The lowest BCUT2D eigenvalue weighted by Gasteiger charge is -2.11. The maximum absolute atomic E-state index is 12.9. The number of rotatable bonds is 6. The minimum Gasteiger partial charge on any atom is -0.356 e. The number of hydrogen-bond acceptors (Lipinski definition) is 2. The first-order valence-electron chi connectivity index (χ1n) is 8.53. The molecule has 0 aliphatic rings. The lowest BCUT2D eigenvalue weighted by atomic mass is 10.1. The van der Waals surface area contributed by atoms with Gasteiger partial charge in [0, 0.05) is 13.6 Å². The highest BCUT2D eigenvalue weighted by atomic mass is 127. The highest BCUT2D eigenvalue weighted by Crippen LogP contribution is 2.15. The van der Waals surface area contributed by atoms with Crippen molar-refractivity contribution in [2.45, 2.75) is 13.0 Å². The van der Waals surface area contributed by atoms with Gasteiger partial charge in [-0.1, -0.05) is 42.5 Å². The molecule has 3 aromatic rings. The van der Waals surface area contributed by atoms with Crippen molar-refractivity contribution >= 4 is 29.9 Å². The smallest absolute Gasteiger partial charge is 0.191 e. The van der Waals surface area contributed by atoms with E-state index in [0.717, 1.165) is 29.1 Å². The molecule has 3 N–H and O–H groups in total. The predicted molar refractivity (Wildman–Crippen MR) is 118 cm³/mol. The number of H-pyrrole nitrogens is 1. The standard InChI is InChI=1S/C20H22FN5.HI/c1-22-20(23-12-11-15-7-9-17(21)10-8-15)25-14-19-24-13-18(26-19)16-5-3-2-4-6-16;/h2-10,13H,11-12,14H2,1H3,(H,24,26)(H2,22,23,25);1H. The third kappa shape index (κ3) is 6.35. The summed E-state index contributed by atoms with van der Waals surface area (Å²) in [7, 11) is 1.73. The SMILES string of the molecule is CN=C(NCCc1ccc(F)cc1)NCc1ncc(-c2ccccc2)[nH]1.I. The molecule has 0 fully saturated rings. The number of hydrogen-bond donors (Lipinski definition) is 3. The van der Waals surface area contributed by atoms with Gasteiger partial charge in [0.15, 0.2) is 5.96 Å². The van der Waals surface area contributed by atoms with Gasteiger partial charge in [0.25, 0.3) is 0 Å². The number of nitrogens with one attached hydrogen (secondary N) is 3. The van der Waals surface area contributed by atoms with Crippen LogP contribution in [0.2, 0.25) is 0 Å². The summed E-state index contributed by atoms with van der Waals surface area (Å²) in [6.07, 6.45) is 2.62. The molecule has 142 valence electrons. The summed E-state index contributed by atoms with van der Waals surface area (Å²) < 4.78 is 12.9. The number of aromatic nitrogens is 2. The summed E-state index contributed by atoms with van der Waals surface area (Å²) in [6, 6.07) is 16.6. The molecule has 0 spiro atoms. The van der Waals surface area contributed by atoms with Crippen LogP contribution in [0.4, 0.5) is 4.39 Å². The average Bonchev–Trinajstić information content (AvgIpc) is 3.16. The molecule has 0 saturated heterocycles. The van der Waals surface area contributed by atoms with E-state index >= 15 is 0 Å². The van der Waals surface area contributed by atoms with Gasteiger partial charge in [-0.2, -0.15) is 0 Å². The fourth-order valence-corrected chi connectivity index (χ4v) is 2.58. The highest BCUT2D eigenvalue weighted by Gasteiger charge is 2.04. The zero-order chi connectivity index (χ0) is 18.2. The molecule has 0 atom stereocenters. The number of halogens is 2. The average molecular weight is 479 g/mol. The van der Waals surface area contributed by atoms with Crippen LogP contribution in [0.15, 0.2) is 65.8 Å². The van der Waals surface area contributed by atoms with E-state index in [4.69, 9.17) is 0 Å². The Bertz CT molecular complexity index is 846. The van der Waals surface area contributed by atoms with Crippen LogP contribution < -0.4 is 10.6 Å². The second kappa shape index (κ2) is 10.7. The molecule has 0 aliphatic heterocycles. The second-order valence-electron chi connectivity index (χ2n) is 5.84. The van der Waals surface area contributed by atoms with Gasteiger partial charge in [0.05, 0.1) is 18.4 Å². The van der Waals surface area contributed by atoms with E-state index in [1.807, 2.05) is 36.5 Å². The molecule has 3 rings (SSSR count). The number of nitrogens with zero attached hydrogens (tertiary/aromatic N) is 2. The van der Waals surface area contributed by atoms with E-state index in [1.165, 1.54) is 12.1 Å². The Morgan fingerprint density at radius 2 is 1.81 bits per heavy atom. The molecule has 7 heteroatoms. The predicted octanol–water partition coefficient (Wildman–Crippen LogP) is 3.74. The Labute approximate surface area is 175 Å². The van der Waals surface area contributed by atoms with Crippen molar-refractivity contribution in [1.29, 1.82) is 0 Å². The number of imidazole rings is 1. The maximum atomic E-state index is 12.9. The van der Waals surface area contributed by atoms with Gasteiger partial charge < -0.3 is 15.6 Å². The Morgan fingerprint density at radius 1 is 1.07 bits per heavy atom. The van der Waals surface area contributed by atoms with E-state index in [0.29, 0.717) is 19.0 Å². The van der Waals surface area contributed by atoms with Gasteiger partial charge >= 0.3 is 0 Å². The zero-order valence-corrected chi connectivity index (χ0v) is 17.4. The fourth-order valence-electron chi connectivity index (χ4n) is 2.58. The number of guanidine groups is 1. The molecule has 0 aliphatic carbocycles. The molecule has 2 aromatic carbocycles. The minimum atomic E-state index is -0.215. The van der Waals surface area contributed by atoms with Gasteiger partial charge in [0.2, 0.25) is 0 Å². The third-order valence-electron chi connectivity index (χ3n) is 3.98. The quantitative estimate of drug-likeness (QED) is 0.287. The van der Waals surface area contributed by atoms with Crippen LogP contribution in [0.3, 0.4) is 0 Å². The normalized spacial score (nSPS) is 11.0. The molecule has 0 radical (unpaired) electrons. The van der Waals surface area contributed by atoms with E-state index in [-0.39, 0.29) is 29.8 Å². The molecule has 5 nitrogen and oxygen atoms in total. The number of aromatic amines is 1. The van der Waals surface area contributed by atoms with E-state index in [2.05, 4.69) is 25.6 Å². The number of aliphatic imine (C=N–C) groups is 1. The monoisotopic (exact) mass is 479 g/mol. The molecular formula is C20H23FIN5. The van der Waals surface area contributed by atoms with Crippen molar-refractivity contribution < 1.29 is 4.39 Å². The molecule has 0 bridgehead atoms. The third-order valence-corrected chi connectivity index (χ3v) is 3.98. The summed E-state index contributed by atoms with van der Waals surface area (Å²) in [5.41, 5.74) is 3.17. The molecule has 27 heavy (non-hydrogen) atoms. The highest BCUT2D eigenvalue weighted by molar-refractivity contribution is 14.0. The van der Waals surface area contributed by atoms with Crippen molar-refractivity contribution in [2.75, 3.05) is 13.6 Å². The van der Waals surface area contributed by atoms with Gasteiger partial charge in [-0.3, -0.25) is 4.99 Å². The molecule has 0 amide bonds. The summed E-state index contributed by atoms with van der Waals surface area (Å²) >= 11 is 0. The molecule has 0 saturated carbocycles. The van der Waals surface area contributed by atoms with E-state index in [1.54, 1.807) is 19.2 Å². The summed E-state index contributed by atoms with van der Waals surface area (Å²) in [5.74, 6) is 1.32. The molecule has 0 unspecified atom stereocenters. The van der Waals surface area contributed by atoms with E-state index in [9.17, 15) is 4.39 Å². The van der Waals surface area contributed by atoms with E-state index < -0.39 is 0 Å². The van der Waals surface area contributed by atoms with Crippen LogP contribution in [-0.2, 0) is 13.0 Å². The summed E-state index contributed by atoms with van der Waals surface area (Å²) in [6.45, 7) is 1.25. The van der Waals surface area contributed by atoms with Gasteiger partial charge in [0.1, 0.15) is 11.6 Å². The van der Waals surface area contributed by atoms with Crippen LogP contribution in [-0.4, -0.2) is 29.5 Å². The Kier molecular flexibility index (Phi) is 8.25. The largest absolute Gasteiger partial charge is 0.356 e. The van der Waals surface area contributed by atoms with Crippen LogP contribution in [0, 0.1) is 5.82 Å². The molecular weight excluding hydrogens is 456 g/mol. The van der Waals surface area contributed by atoms with Gasteiger partial charge in [-0.25, -0.2) is 9.37 Å². The second-order valence-corrected chi connectivity index (χ2v) is 5.84. The van der Waals surface area contributed by atoms with Crippen LogP contribution in [0.1, 0.15) is 11.4 Å². The van der Waals surface area contributed by atoms with Crippen molar-refractivity contribution in [3.63, 3.8) is 0 Å². The molecule has 1 aromatic heterocycles. The fraction of sp³-hybridized carbons (Fsp3) is 0.200. The van der Waals surface area contributed by atoms with Gasteiger partial charge in [-0.15, -0.1) is 24.0 Å². The number of benzene rings is 2. The summed E-state index contributed by atoms with van der Waals surface area (Å²) in [5, 5.41) is 6.48. The first kappa shape index (κ1) is 20.9. The topological polar surface area (TPSA) is 65.1 Å². The van der Waals surface area contributed by atoms with Crippen LogP contribution >= 0.6 is 24.0 Å². The molecule has 1 heterocycles. The van der Waals surface area contributed by atoms with Crippen molar-refractivity contribution in [3.05, 3.63) is 78.0 Å². The Balaban J connectivity index is 0.00000261. The van der Waals surface area contributed by atoms with Gasteiger partial charge in [-0.05, 0) is 29.7 Å². The van der Waals surface area contributed by atoms with Crippen LogP contribution in [0.25, 0.3) is 11.3 Å². The Morgan fingerprint density at radius 3 is 2.52 bits per heavy atom. The lowest BCUT2D eigenvalue weighted by Crippen LogP contribution is -2.38. The zero-order valence-electron chi connectivity index (χ0n) is 15.1. The lowest BCUT2D eigenvalue weighted by molar-refractivity contribution is 0.626. The van der Waals surface area contributed by atoms with Crippen LogP contribution in [0.5, 0.6) is 0 Å². The first-order chi connectivity index (χ1) is 12.7. The first-order valence-corrected chi connectivity index (χ1v) is 8.53. The van der Waals surface area contributed by atoms with Crippen molar-refractivity contribution in [2.24, 2.45) is 4.99 Å². The van der Waals surface area contributed by atoms with Crippen molar-refractivity contribution in [1.82, 2.24) is 20.6 Å². The summed E-state index contributed by atoms with van der Waals surface area (Å²) in [4.78, 5) is 11.9. The Hall–Kier alpha value is -2.42. The minimum absolute atomic E-state index is 0. The van der Waals surface area contributed by atoms with Crippen molar-refractivity contribution in [3.8, 4) is 11.3 Å². The maximum Gasteiger partial charge on any atom is 0.191 e.